The molecule has 1 heterocycles. The number of amides is 1. The van der Waals surface area contributed by atoms with Crippen molar-refractivity contribution in [1.82, 2.24) is 0 Å². The van der Waals surface area contributed by atoms with Gasteiger partial charge in [-0.05, 0) is 18.6 Å². The van der Waals surface area contributed by atoms with Crippen LogP contribution in [0.4, 0.5) is 18.9 Å². The molecule has 1 aliphatic rings. The van der Waals surface area contributed by atoms with Crippen LogP contribution in [0.5, 0.6) is 0 Å². The molecule has 0 spiro atoms. The van der Waals surface area contributed by atoms with Gasteiger partial charge >= 0.3 is 6.18 Å². The van der Waals surface area contributed by atoms with Crippen LogP contribution in [0.1, 0.15) is 17.5 Å². The van der Waals surface area contributed by atoms with E-state index in [9.17, 15) is 23.1 Å². The lowest BCUT2D eigenvalue weighted by molar-refractivity contribution is -0.267. The normalized spacial score (nSPS) is 24.2. The van der Waals surface area contributed by atoms with Crippen LogP contribution in [0.15, 0.2) is 18.2 Å². The summed E-state index contributed by atoms with van der Waals surface area (Å²) in [6.07, 6.45) is -5.89. The maximum absolute atomic E-state index is 12.9. The van der Waals surface area contributed by atoms with E-state index in [1.807, 2.05) is 0 Å². The molecule has 0 saturated carbocycles. The van der Waals surface area contributed by atoms with E-state index in [-0.39, 0.29) is 11.3 Å². The van der Waals surface area contributed by atoms with Crippen molar-refractivity contribution in [1.29, 1.82) is 0 Å². The van der Waals surface area contributed by atoms with Gasteiger partial charge in [-0.25, -0.2) is 0 Å². The molecule has 6 heteroatoms. The third kappa shape index (κ3) is 1.68. The Bertz CT molecular complexity index is 484. The minimum atomic E-state index is -4.88. The van der Waals surface area contributed by atoms with Crippen molar-refractivity contribution in [3.05, 3.63) is 29.3 Å². The van der Waals surface area contributed by atoms with Crippen molar-refractivity contribution in [3.63, 3.8) is 0 Å². The number of hydrogen-bond donors (Lipinski definition) is 2. The zero-order valence-electron chi connectivity index (χ0n) is 8.93. The van der Waals surface area contributed by atoms with E-state index in [4.69, 9.17) is 0 Å². The lowest BCUT2D eigenvalue weighted by Crippen LogP contribution is -2.48. The number of carbonyl (C=O) groups excluding carboxylic acids is 1. The van der Waals surface area contributed by atoms with E-state index in [1.54, 1.807) is 0 Å². The highest BCUT2D eigenvalue weighted by molar-refractivity contribution is 5.95. The van der Waals surface area contributed by atoms with Crippen LogP contribution in [0.3, 0.4) is 0 Å². The molecular formula is C11H10F3NO2. The molecule has 2 rings (SSSR count). The summed E-state index contributed by atoms with van der Waals surface area (Å²) in [7, 11) is 0. The maximum atomic E-state index is 12.9. The SMILES string of the molecule is Cc1cccc2c1C(O)(C(F)(F)F)CC(=O)N2. The molecule has 0 fully saturated rings. The Kier molecular flexibility index (Phi) is 2.43. The van der Waals surface area contributed by atoms with Crippen LogP contribution >= 0.6 is 0 Å². The van der Waals surface area contributed by atoms with Gasteiger partial charge in [-0.3, -0.25) is 4.79 Å². The first-order valence-corrected chi connectivity index (χ1v) is 4.95. The monoisotopic (exact) mass is 245 g/mol. The summed E-state index contributed by atoms with van der Waals surface area (Å²) in [5.41, 5.74) is -3.06. The van der Waals surface area contributed by atoms with E-state index >= 15 is 0 Å². The Morgan fingerprint density at radius 1 is 1.41 bits per heavy atom. The average Bonchev–Trinajstić information content (AvgIpc) is 2.14. The Hall–Kier alpha value is -1.56. The standard InChI is InChI=1S/C11H10F3NO2/c1-6-3-2-4-7-9(6)10(17,11(12,13)14)5-8(16)15-7/h2-4,17H,5H2,1H3,(H,15,16). The van der Waals surface area contributed by atoms with Gasteiger partial charge in [0.15, 0.2) is 5.60 Å². The number of halogens is 3. The van der Waals surface area contributed by atoms with E-state index in [0.29, 0.717) is 5.56 Å². The van der Waals surface area contributed by atoms with E-state index < -0.39 is 24.1 Å². The van der Waals surface area contributed by atoms with Gasteiger partial charge in [0.25, 0.3) is 0 Å². The van der Waals surface area contributed by atoms with Crippen LogP contribution in [0, 0.1) is 6.92 Å². The van der Waals surface area contributed by atoms with Crippen LogP contribution in [-0.2, 0) is 10.4 Å². The zero-order valence-corrected chi connectivity index (χ0v) is 8.93. The van der Waals surface area contributed by atoms with Crippen LogP contribution in [0.25, 0.3) is 0 Å². The van der Waals surface area contributed by atoms with Gasteiger partial charge in [0.05, 0.1) is 6.42 Å². The quantitative estimate of drug-likeness (QED) is 0.735. The number of alkyl halides is 3. The summed E-state index contributed by atoms with van der Waals surface area (Å²) >= 11 is 0. The highest BCUT2D eigenvalue weighted by Gasteiger charge is 2.59. The minimum Gasteiger partial charge on any atom is -0.376 e. The third-order valence-corrected chi connectivity index (χ3v) is 2.85. The molecule has 1 amide bonds. The topological polar surface area (TPSA) is 49.3 Å². The van der Waals surface area contributed by atoms with Crippen molar-refractivity contribution in [2.45, 2.75) is 25.1 Å². The van der Waals surface area contributed by atoms with Crippen molar-refractivity contribution < 1.29 is 23.1 Å². The molecule has 17 heavy (non-hydrogen) atoms. The van der Waals surface area contributed by atoms with Crippen LogP contribution in [-0.4, -0.2) is 17.2 Å². The van der Waals surface area contributed by atoms with Gasteiger partial charge in [-0.1, -0.05) is 12.1 Å². The molecule has 1 aromatic carbocycles. The van der Waals surface area contributed by atoms with Crippen molar-refractivity contribution in [2.75, 3.05) is 5.32 Å². The molecule has 3 nitrogen and oxygen atoms in total. The molecule has 0 bridgehead atoms. The van der Waals surface area contributed by atoms with Gasteiger partial charge in [0.2, 0.25) is 5.91 Å². The molecule has 1 unspecified atom stereocenters. The molecule has 2 N–H and O–H groups in total. The molecule has 1 aromatic rings. The first-order valence-electron chi connectivity index (χ1n) is 4.95. The largest absolute Gasteiger partial charge is 0.422 e. The summed E-state index contributed by atoms with van der Waals surface area (Å²) in [6.45, 7) is 1.47. The highest BCUT2D eigenvalue weighted by Crippen LogP contribution is 2.47. The van der Waals surface area contributed by atoms with E-state index in [2.05, 4.69) is 5.32 Å². The van der Waals surface area contributed by atoms with Gasteiger partial charge in [-0.15, -0.1) is 0 Å². The van der Waals surface area contributed by atoms with Gasteiger partial charge < -0.3 is 10.4 Å². The number of anilines is 1. The molecule has 0 aliphatic carbocycles. The number of aliphatic hydroxyl groups is 1. The Morgan fingerprint density at radius 3 is 2.65 bits per heavy atom. The lowest BCUT2D eigenvalue weighted by Gasteiger charge is -2.36. The second kappa shape index (κ2) is 3.46. The summed E-state index contributed by atoms with van der Waals surface area (Å²) in [5, 5.41) is 12.2. The predicted molar refractivity (Wildman–Crippen MR) is 54.4 cm³/mol. The first-order chi connectivity index (χ1) is 7.75. The van der Waals surface area contributed by atoms with E-state index in [0.717, 1.165) is 0 Å². The molecule has 92 valence electrons. The van der Waals surface area contributed by atoms with Gasteiger partial charge in [0, 0.05) is 11.3 Å². The molecule has 0 saturated heterocycles. The second-order valence-corrected chi connectivity index (χ2v) is 4.08. The van der Waals surface area contributed by atoms with Crippen molar-refractivity contribution >= 4 is 11.6 Å². The molecule has 0 radical (unpaired) electrons. The Morgan fingerprint density at radius 2 is 2.06 bits per heavy atom. The van der Waals surface area contributed by atoms with Crippen molar-refractivity contribution in [3.8, 4) is 0 Å². The number of nitrogens with one attached hydrogen (secondary N) is 1. The van der Waals surface area contributed by atoms with Crippen molar-refractivity contribution in [2.24, 2.45) is 0 Å². The maximum Gasteiger partial charge on any atom is 0.422 e. The van der Waals surface area contributed by atoms with Crippen LogP contribution in [0.2, 0.25) is 0 Å². The highest BCUT2D eigenvalue weighted by atomic mass is 19.4. The number of fused-ring (bicyclic) bond motifs is 1. The molecule has 0 aromatic heterocycles. The minimum absolute atomic E-state index is 0.0149. The lowest BCUT2D eigenvalue weighted by atomic mass is 9.82. The second-order valence-electron chi connectivity index (χ2n) is 4.08. The fourth-order valence-corrected chi connectivity index (χ4v) is 2.08. The molecular weight excluding hydrogens is 235 g/mol. The fraction of sp³-hybridized carbons (Fsp3) is 0.364. The van der Waals surface area contributed by atoms with E-state index in [1.165, 1.54) is 25.1 Å². The summed E-state index contributed by atoms with van der Waals surface area (Å²) in [5.74, 6) is -0.845. The number of carbonyl (C=O) groups is 1. The Balaban J connectivity index is 2.70. The zero-order chi connectivity index (χ0) is 12.8. The Labute approximate surface area is 95.3 Å². The third-order valence-electron chi connectivity index (χ3n) is 2.85. The smallest absolute Gasteiger partial charge is 0.376 e. The number of rotatable bonds is 0. The van der Waals surface area contributed by atoms with Gasteiger partial charge in [-0.2, -0.15) is 13.2 Å². The fourth-order valence-electron chi connectivity index (χ4n) is 2.08. The number of aryl methyl sites for hydroxylation is 1. The van der Waals surface area contributed by atoms with Crippen LogP contribution < -0.4 is 5.32 Å². The summed E-state index contributed by atoms with van der Waals surface area (Å²) < 4.78 is 38.8. The predicted octanol–water partition coefficient (Wildman–Crippen LogP) is 2.09. The van der Waals surface area contributed by atoms with Gasteiger partial charge in [0.1, 0.15) is 0 Å². The summed E-state index contributed by atoms with van der Waals surface area (Å²) in [4.78, 5) is 11.2. The average molecular weight is 245 g/mol. The number of hydrogen-bond acceptors (Lipinski definition) is 2. The summed E-state index contributed by atoms with van der Waals surface area (Å²) in [6, 6.07) is 4.33. The molecule has 1 aliphatic heterocycles. The molecule has 1 atom stereocenters. The first kappa shape index (κ1) is 11.9. The number of benzene rings is 1.